The smallest absolute Gasteiger partial charge is 0.252 e. The van der Waals surface area contributed by atoms with Gasteiger partial charge in [-0.1, -0.05) is 12.1 Å². The van der Waals surface area contributed by atoms with Gasteiger partial charge in [-0.05, 0) is 77.1 Å². The molecule has 0 saturated carbocycles. The van der Waals surface area contributed by atoms with E-state index in [4.69, 9.17) is 9.47 Å². The van der Waals surface area contributed by atoms with Crippen LogP contribution in [-0.4, -0.2) is 46.9 Å². The van der Waals surface area contributed by atoms with Gasteiger partial charge in [-0.2, -0.15) is 11.8 Å². The van der Waals surface area contributed by atoms with Gasteiger partial charge in [-0.25, -0.2) is 0 Å². The number of thioether (sulfide) groups is 1. The lowest BCUT2D eigenvalue weighted by atomic mass is 9.92. The number of nitrogens with one attached hydrogen (secondary N) is 1. The number of aliphatic hydroxyl groups is 1. The third-order valence-corrected chi connectivity index (χ3v) is 9.84. The third-order valence-electron chi connectivity index (χ3n) is 8.37. The highest BCUT2D eigenvalue weighted by atomic mass is 32.2. The molecular weight excluding hydrogens is 496 g/mol. The Kier molecular flexibility index (Phi) is 6.10. The van der Waals surface area contributed by atoms with Crippen molar-refractivity contribution in [2.24, 2.45) is 0 Å². The highest BCUT2D eigenvalue weighted by Gasteiger charge is 2.35. The Bertz CT molecular complexity index is 1580. The highest BCUT2D eigenvalue weighted by Crippen LogP contribution is 2.49. The molecule has 3 aromatic carbocycles. The average molecular weight is 529 g/mol. The molecule has 3 aliphatic rings. The molecule has 1 amide bonds. The maximum absolute atomic E-state index is 13.2. The third kappa shape index (κ3) is 3.74. The van der Waals surface area contributed by atoms with Crippen molar-refractivity contribution in [1.29, 1.82) is 0 Å². The minimum absolute atomic E-state index is 0.00542. The van der Waals surface area contributed by atoms with Crippen LogP contribution in [0.3, 0.4) is 0 Å². The van der Waals surface area contributed by atoms with Gasteiger partial charge in [0.2, 0.25) is 0 Å². The van der Waals surface area contributed by atoms with Gasteiger partial charge >= 0.3 is 0 Å². The number of hydrogen-bond donors (Lipinski definition) is 2. The second-order valence-electron chi connectivity index (χ2n) is 10.5. The molecule has 1 saturated heterocycles. The van der Waals surface area contributed by atoms with Crippen LogP contribution in [0, 0.1) is 0 Å². The minimum Gasteiger partial charge on any atom is -0.497 e. The van der Waals surface area contributed by atoms with Gasteiger partial charge in [0.15, 0.2) is 0 Å². The normalized spacial score (nSPS) is 17.7. The first-order valence-electron chi connectivity index (χ1n) is 13.6. The molecule has 3 heterocycles. The van der Waals surface area contributed by atoms with E-state index < -0.39 is 0 Å². The molecule has 1 aromatic heterocycles. The molecule has 7 rings (SSSR count). The van der Waals surface area contributed by atoms with Crippen molar-refractivity contribution in [2.45, 2.75) is 50.6 Å². The van der Waals surface area contributed by atoms with Crippen molar-refractivity contribution in [2.75, 3.05) is 26.1 Å². The van der Waals surface area contributed by atoms with Crippen LogP contribution < -0.4 is 10.1 Å². The average Bonchev–Trinajstić information content (AvgIpc) is 3.71. The van der Waals surface area contributed by atoms with Crippen LogP contribution in [0.2, 0.25) is 0 Å². The van der Waals surface area contributed by atoms with E-state index in [2.05, 4.69) is 52.0 Å². The predicted molar refractivity (Wildman–Crippen MR) is 152 cm³/mol. The monoisotopic (exact) mass is 528 g/mol. The highest BCUT2D eigenvalue weighted by molar-refractivity contribution is 8.00. The number of amides is 1. The first-order valence-corrected chi connectivity index (χ1v) is 14.6. The van der Waals surface area contributed by atoms with E-state index in [1.165, 1.54) is 24.2 Å². The lowest BCUT2D eigenvalue weighted by Crippen LogP contribution is -2.13. The number of carbonyl (C=O) groups excluding carboxylic acids is 1. The number of aliphatic hydroxyl groups excluding tert-OH is 1. The summed E-state index contributed by atoms with van der Waals surface area (Å²) in [4.78, 5) is 13.2. The molecular formula is C31H32N2O4S. The number of rotatable bonds is 8. The topological polar surface area (TPSA) is 72.7 Å². The summed E-state index contributed by atoms with van der Waals surface area (Å²) in [5.74, 6) is 2.10. The quantitative estimate of drug-likeness (QED) is 0.264. The van der Waals surface area contributed by atoms with E-state index in [-0.39, 0.29) is 12.5 Å². The number of benzene rings is 3. The summed E-state index contributed by atoms with van der Waals surface area (Å²) in [6.45, 7) is 2.43. The van der Waals surface area contributed by atoms with E-state index >= 15 is 0 Å². The van der Waals surface area contributed by atoms with Crippen LogP contribution >= 0.6 is 11.8 Å². The van der Waals surface area contributed by atoms with E-state index in [0.717, 1.165) is 85.6 Å². The lowest BCUT2D eigenvalue weighted by Gasteiger charge is -2.13. The second kappa shape index (κ2) is 9.63. The van der Waals surface area contributed by atoms with Crippen molar-refractivity contribution >= 4 is 39.5 Å². The molecule has 196 valence electrons. The lowest BCUT2D eigenvalue weighted by molar-refractivity contribution is 0.0966. The molecule has 1 fully saturated rings. The van der Waals surface area contributed by atoms with Gasteiger partial charge in [0.05, 0.1) is 31.4 Å². The molecule has 38 heavy (non-hydrogen) atoms. The summed E-state index contributed by atoms with van der Waals surface area (Å²) >= 11 is 2.07. The summed E-state index contributed by atoms with van der Waals surface area (Å²) in [6.07, 6.45) is 4.48. The van der Waals surface area contributed by atoms with Crippen LogP contribution in [0.15, 0.2) is 36.4 Å². The molecule has 4 aromatic rings. The van der Waals surface area contributed by atoms with Crippen LogP contribution in [0.1, 0.15) is 51.9 Å². The summed E-state index contributed by atoms with van der Waals surface area (Å²) in [5.41, 5.74) is 9.69. The Morgan fingerprint density at radius 3 is 2.89 bits per heavy atom. The maximum Gasteiger partial charge on any atom is 0.252 e. The van der Waals surface area contributed by atoms with Gasteiger partial charge in [0, 0.05) is 53.2 Å². The molecule has 6 nitrogen and oxygen atoms in total. The van der Waals surface area contributed by atoms with Crippen molar-refractivity contribution in [1.82, 2.24) is 9.88 Å². The van der Waals surface area contributed by atoms with Crippen LogP contribution in [0.4, 0.5) is 0 Å². The Morgan fingerprint density at radius 2 is 2.08 bits per heavy atom. The number of fused-ring (bicyclic) bond motifs is 10. The Hall–Kier alpha value is -3.00. The van der Waals surface area contributed by atoms with E-state index in [0.29, 0.717) is 19.7 Å². The van der Waals surface area contributed by atoms with E-state index in [1.54, 1.807) is 7.11 Å². The van der Waals surface area contributed by atoms with Crippen molar-refractivity contribution in [3.05, 3.63) is 64.2 Å². The fourth-order valence-corrected chi connectivity index (χ4v) is 7.96. The SMILES string of the molecule is COc1ccc2c(c1)Cc1c-2c2c(c3c4cc(COCCC5CCCS5)ccc4n(CCO)c13)CNC2=O. The fraction of sp³-hybridized carbons (Fsp3) is 0.387. The Morgan fingerprint density at radius 1 is 1.16 bits per heavy atom. The molecule has 1 aliphatic carbocycles. The van der Waals surface area contributed by atoms with Gasteiger partial charge < -0.3 is 24.5 Å². The van der Waals surface area contributed by atoms with Crippen LogP contribution in [0.5, 0.6) is 5.75 Å². The first-order chi connectivity index (χ1) is 18.7. The van der Waals surface area contributed by atoms with Crippen molar-refractivity contribution in [3.63, 3.8) is 0 Å². The van der Waals surface area contributed by atoms with Gasteiger partial charge in [-0.15, -0.1) is 0 Å². The Labute approximate surface area is 226 Å². The zero-order valence-electron chi connectivity index (χ0n) is 21.6. The largest absolute Gasteiger partial charge is 0.497 e. The van der Waals surface area contributed by atoms with Gasteiger partial charge in [0.25, 0.3) is 5.91 Å². The number of methoxy groups -OCH3 is 1. The summed E-state index contributed by atoms with van der Waals surface area (Å²) in [6, 6.07) is 12.7. The molecule has 0 spiro atoms. The zero-order valence-corrected chi connectivity index (χ0v) is 22.5. The molecule has 2 N–H and O–H groups in total. The summed E-state index contributed by atoms with van der Waals surface area (Å²) in [5, 5.41) is 16.1. The summed E-state index contributed by atoms with van der Waals surface area (Å²) < 4.78 is 13.9. The zero-order chi connectivity index (χ0) is 25.8. The van der Waals surface area contributed by atoms with Crippen LogP contribution in [0.25, 0.3) is 32.9 Å². The molecule has 0 bridgehead atoms. The van der Waals surface area contributed by atoms with Crippen molar-refractivity contribution < 1.29 is 19.4 Å². The number of ether oxygens (including phenoxy) is 2. The number of hydrogen-bond acceptors (Lipinski definition) is 5. The fourth-order valence-electron chi connectivity index (χ4n) is 6.70. The van der Waals surface area contributed by atoms with Gasteiger partial charge in [-0.3, -0.25) is 4.79 Å². The second-order valence-corrected chi connectivity index (χ2v) is 11.9. The first kappa shape index (κ1) is 24.1. The number of aromatic nitrogens is 1. The molecule has 7 heteroatoms. The molecule has 1 unspecified atom stereocenters. The number of carbonyl (C=O) groups is 1. The van der Waals surface area contributed by atoms with E-state index in [9.17, 15) is 9.90 Å². The minimum atomic E-state index is -0.00542. The maximum atomic E-state index is 13.2. The van der Waals surface area contributed by atoms with E-state index in [1.807, 2.05) is 6.07 Å². The molecule has 0 radical (unpaired) electrons. The standard InChI is InChI=1S/C31H32N2O4S/c1-36-20-5-6-22-19(14-20)15-24-27(22)29-25(16-32-31(29)35)28-23-13-18(17-37-11-8-21-3-2-12-38-21)4-7-26(23)33(9-10-34)30(24)28/h4-7,13-14,21,34H,2-3,8-12,15-17H2,1H3,(H,32,35). The predicted octanol–water partition coefficient (Wildman–Crippen LogP) is 5.41. The molecule has 2 aliphatic heterocycles. The molecule has 1 atom stereocenters. The number of nitrogens with zero attached hydrogens (tertiary/aromatic N) is 1. The Balaban J connectivity index is 1.36. The van der Waals surface area contributed by atoms with Gasteiger partial charge in [0.1, 0.15) is 5.75 Å². The van der Waals surface area contributed by atoms with Crippen molar-refractivity contribution in [3.8, 4) is 16.9 Å². The summed E-state index contributed by atoms with van der Waals surface area (Å²) in [7, 11) is 1.68. The van der Waals surface area contributed by atoms with Crippen LogP contribution in [-0.2, 0) is 30.9 Å².